The fourth-order valence-corrected chi connectivity index (χ4v) is 2.19. The minimum atomic E-state index is 0.700. The normalized spacial score (nSPS) is 10.3. The van der Waals surface area contributed by atoms with Crippen molar-refractivity contribution in [3.63, 3.8) is 0 Å². The average Bonchev–Trinajstić information content (AvgIpc) is 2.39. The summed E-state index contributed by atoms with van der Waals surface area (Å²) in [5, 5.41) is 4.05. The van der Waals surface area contributed by atoms with Gasteiger partial charge >= 0.3 is 0 Å². The quantitative estimate of drug-likeness (QED) is 0.882. The summed E-state index contributed by atoms with van der Waals surface area (Å²) >= 11 is 6.17. The van der Waals surface area contributed by atoms with Crippen LogP contribution in [0.5, 0.6) is 5.75 Å². The van der Waals surface area contributed by atoms with Gasteiger partial charge in [0.15, 0.2) is 0 Å². The highest BCUT2D eigenvalue weighted by molar-refractivity contribution is 6.33. The molecular weight excluding hydrogens is 258 g/mol. The number of rotatable bonds is 4. The van der Waals surface area contributed by atoms with Gasteiger partial charge in [0.25, 0.3) is 0 Å². The van der Waals surface area contributed by atoms with Crippen molar-refractivity contribution in [3.8, 4) is 5.75 Å². The molecule has 0 heterocycles. The minimum absolute atomic E-state index is 0.700. The van der Waals surface area contributed by atoms with Crippen LogP contribution in [0.15, 0.2) is 36.4 Å². The highest BCUT2D eigenvalue weighted by atomic mass is 35.5. The Morgan fingerprint density at radius 3 is 2.58 bits per heavy atom. The number of hydrogen-bond donors (Lipinski definition) is 1. The first-order valence-electron chi connectivity index (χ1n) is 6.23. The van der Waals surface area contributed by atoms with Gasteiger partial charge in [0.2, 0.25) is 0 Å². The van der Waals surface area contributed by atoms with Crippen molar-refractivity contribution in [3.05, 3.63) is 58.1 Å². The molecule has 2 rings (SSSR count). The van der Waals surface area contributed by atoms with Crippen molar-refractivity contribution in [2.24, 2.45) is 0 Å². The van der Waals surface area contributed by atoms with Crippen LogP contribution in [0.1, 0.15) is 16.7 Å². The molecule has 100 valence electrons. The van der Waals surface area contributed by atoms with E-state index in [1.807, 2.05) is 18.2 Å². The molecular formula is C16H18ClNO. The zero-order chi connectivity index (χ0) is 13.8. The summed E-state index contributed by atoms with van der Waals surface area (Å²) in [5.41, 5.74) is 4.72. The van der Waals surface area contributed by atoms with Crippen LogP contribution >= 0.6 is 11.6 Å². The van der Waals surface area contributed by atoms with Gasteiger partial charge < -0.3 is 10.1 Å². The fourth-order valence-electron chi connectivity index (χ4n) is 2.00. The molecule has 2 nitrogen and oxygen atoms in total. The number of benzene rings is 2. The van der Waals surface area contributed by atoms with Gasteiger partial charge in [0.1, 0.15) is 5.75 Å². The Hall–Kier alpha value is -1.67. The number of nitrogens with one attached hydrogen (secondary N) is 1. The molecule has 0 radical (unpaired) electrons. The van der Waals surface area contributed by atoms with Gasteiger partial charge in [-0.1, -0.05) is 35.4 Å². The Labute approximate surface area is 119 Å². The molecule has 0 aliphatic carbocycles. The Morgan fingerprint density at radius 1 is 1.11 bits per heavy atom. The van der Waals surface area contributed by atoms with Crippen LogP contribution in [0.4, 0.5) is 5.69 Å². The molecule has 2 aromatic carbocycles. The van der Waals surface area contributed by atoms with E-state index in [-0.39, 0.29) is 0 Å². The molecule has 0 fully saturated rings. The molecule has 0 aromatic heterocycles. The number of anilines is 1. The molecule has 0 atom stereocenters. The lowest BCUT2D eigenvalue weighted by atomic mass is 10.1. The summed E-state index contributed by atoms with van der Waals surface area (Å²) in [4.78, 5) is 0. The van der Waals surface area contributed by atoms with E-state index in [0.29, 0.717) is 5.02 Å². The van der Waals surface area contributed by atoms with Crippen molar-refractivity contribution >= 4 is 17.3 Å². The van der Waals surface area contributed by atoms with Crippen molar-refractivity contribution in [2.75, 3.05) is 12.4 Å². The predicted octanol–water partition coefficient (Wildman–Crippen LogP) is 4.58. The average molecular weight is 276 g/mol. The largest absolute Gasteiger partial charge is 0.497 e. The highest BCUT2D eigenvalue weighted by Gasteiger charge is 2.04. The maximum absolute atomic E-state index is 6.17. The third-order valence-electron chi connectivity index (χ3n) is 3.14. The first-order valence-corrected chi connectivity index (χ1v) is 6.61. The van der Waals surface area contributed by atoms with Crippen molar-refractivity contribution < 1.29 is 4.74 Å². The van der Waals surface area contributed by atoms with Crippen molar-refractivity contribution in [1.82, 2.24) is 0 Å². The van der Waals surface area contributed by atoms with Gasteiger partial charge in [-0.15, -0.1) is 0 Å². The van der Waals surface area contributed by atoms with Crippen LogP contribution in [0, 0.1) is 13.8 Å². The molecule has 0 bridgehead atoms. The number of methoxy groups -OCH3 is 1. The van der Waals surface area contributed by atoms with Crippen LogP contribution in [0.2, 0.25) is 5.02 Å². The topological polar surface area (TPSA) is 21.3 Å². The van der Waals surface area contributed by atoms with Gasteiger partial charge in [-0.3, -0.25) is 0 Å². The number of hydrogen-bond acceptors (Lipinski definition) is 2. The van der Waals surface area contributed by atoms with Gasteiger partial charge in [-0.2, -0.15) is 0 Å². The number of aryl methyl sites for hydroxylation is 2. The zero-order valence-corrected chi connectivity index (χ0v) is 12.2. The Kier molecular flexibility index (Phi) is 4.33. The van der Waals surface area contributed by atoms with Gasteiger partial charge in [-0.25, -0.2) is 0 Å². The lowest BCUT2D eigenvalue weighted by Crippen LogP contribution is -2.02. The summed E-state index contributed by atoms with van der Waals surface area (Å²) in [5.74, 6) is 0.799. The van der Waals surface area contributed by atoms with E-state index in [4.69, 9.17) is 16.3 Å². The van der Waals surface area contributed by atoms with Crippen LogP contribution in [-0.4, -0.2) is 7.11 Å². The Balaban J connectivity index is 2.14. The van der Waals surface area contributed by atoms with E-state index in [9.17, 15) is 0 Å². The second kappa shape index (κ2) is 5.98. The monoisotopic (exact) mass is 275 g/mol. The Morgan fingerprint density at radius 2 is 1.89 bits per heavy atom. The zero-order valence-electron chi connectivity index (χ0n) is 11.5. The lowest BCUT2D eigenvalue weighted by Gasteiger charge is -2.12. The number of ether oxygens (including phenoxy) is 1. The molecule has 0 aliphatic rings. The van der Waals surface area contributed by atoms with E-state index >= 15 is 0 Å². The Bertz CT molecular complexity index is 581. The molecule has 0 unspecified atom stereocenters. The highest BCUT2D eigenvalue weighted by Crippen LogP contribution is 2.27. The first kappa shape index (κ1) is 13.8. The summed E-state index contributed by atoms with van der Waals surface area (Å²) in [6.07, 6.45) is 0. The van der Waals surface area contributed by atoms with E-state index in [0.717, 1.165) is 18.0 Å². The fraction of sp³-hybridized carbons (Fsp3) is 0.250. The van der Waals surface area contributed by atoms with Crippen molar-refractivity contribution in [2.45, 2.75) is 20.4 Å². The molecule has 0 saturated heterocycles. The SMILES string of the molecule is COc1ccc(Cl)c(NCc2ccc(C)cc2C)c1. The first-order chi connectivity index (χ1) is 9.10. The lowest BCUT2D eigenvalue weighted by molar-refractivity contribution is 0.415. The molecule has 0 spiro atoms. The molecule has 19 heavy (non-hydrogen) atoms. The molecule has 1 N–H and O–H groups in total. The summed E-state index contributed by atoms with van der Waals surface area (Å²) < 4.78 is 5.20. The second-order valence-electron chi connectivity index (χ2n) is 4.63. The molecule has 0 saturated carbocycles. The molecule has 2 aromatic rings. The maximum atomic E-state index is 6.17. The predicted molar refractivity (Wildman–Crippen MR) is 81.2 cm³/mol. The minimum Gasteiger partial charge on any atom is -0.497 e. The van der Waals surface area contributed by atoms with E-state index in [1.165, 1.54) is 16.7 Å². The smallest absolute Gasteiger partial charge is 0.121 e. The standard InChI is InChI=1S/C16H18ClNO/c1-11-4-5-13(12(2)8-11)10-18-16-9-14(19-3)6-7-15(16)17/h4-9,18H,10H2,1-3H3. The molecule has 3 heteroatoms. The van der Waals surface area contributed by atoms with Gasteiger partial charge in [-0.05, 0) is 37.1 Å². The summed E-state index contributed by atoms with van der Waals surface area (Å²) in [7, 11) is 1.65. The van der Waals surface area contributed by atoms with Crippen LogP contribution in [0.25, 0.3) is 0 Å². The van der Waals surface area contributed by atoms with Gasteiger partial charge in [0.05, 0.1) is 17.8 Å². The molecule has 0 amide bonds. The van der Waals surface area contributed by atoms with E-state index in [1.54, 1.807) is 7.11 Å². The number of halogens is 1. The van der Waals surface area contributed by atoms with Gasteiger partial charge in [0, 0.05) is 12.6 Å². The third kappa shape index (κ3) is 3.42. The van der Waals surface area contributed by atoms with Crippen molar-refractivity contribution in [1.29, 1.82) is 0 Å². The van der Waals surface area contributed by atoms with Crippen LogP contribution < -0.4 is 10.1 Å². The molecule has 0 aliphatic heterocycles. The van der Waals surface area contributed by atoms with Crippen LogP contribution in [-0.2, 0) is 6.54 Å². The van der Waals surface area contributed by atoms with Crippen LogP contribution in [0.3, 0.4) is 0 Å². The summed E-state index contributed by atoms with van der Waals surface area (Å²) in [6, 6.07) is 12.0. The summed E-state index contributed by atoms with van der Waals surface area (Å²) in [6.45, 7) is 4.97. The maximum Gasteiger partial charge on any atom is 0.121 e. The van der Waals surface area contributed by atoms with E-state index < -0.39 is 0 Å². The third-order valence-corrected chi connectivity index (χ3v) is 3.47. The van der Waals surface area contributed by atoms with E-state index in [2.05, 4.69) is 37.4 Å². The second-order valence-corrected chi connectivity index (χ2v) is 5.04.